The van der Waals surface area contributed by atoms with Crippen LogP contribution >= 0.6 is 38.5 Å². The summed E-state index contributed by atoms with van der Waals surface area (Å²) in [5, 5.41) is 2.68. The average Bonchev–Trinajstić information content (AvgIpc) is 2.83. The maximum atomic E-state index is 12.6. The molecule has 1 N–H and O–H groups in total. The second kappa shape index (κ2) is 6.01. The molecule has 4 nitrogen and oxygen atoms in total. The number of hydrogen-bond donors (Lipinski definition) is 1. The Balaban J connectivity index is 2.20. The summed E-state index contributed by atoms with van der Waals surface area (Å²) in [7, 11) is 1.63. The van der Waals surface area contributed by atoms with Crippen molar-refractivity contribution in [3.63, 3.8) is 0 Å². The number of nitrogens with one attached hydrogen (secondary N) is 1. The average molecular weight is 451 g/mol. The molecule has 2 amide bonds. The van der Waals surface area contributed by atoms with Gasteiger partial charge in [-0.05, 0) is 70.1 Å². The predicted molar refractivity (Wildman–Crippen MR) is 89.6 cm³/mol. The van der Waals surface area contributed by atoms with Gasteiger partial charge in [-0.1, -0.05) is 0 Å². The highest BCUT2D eigenvalue weighted by atomic mass is 127. The SMILES string of the molecule is CNC(=O)C1(C)CCN(C(=O)c2cc(I)ccc2Br)C1. The fourth-order valence-corrected chi connectivity index (χ4v) is 3.36. The lowest BCUT2D eigenvalue weighted by Gasteiger charge is -2.23. The number of nitrogens with zero attached hydrogens (tertiary/aromatic N) is 1. The summed E-state index contributed by atoms with van der Waals surface area (Å²) >= 11 is 5.61. The smallest absolute Gasteiger partial charge is 0.255 e. The van der Waals surface area contributed by atoms with Crippen LogP contribution in [-0.2, 0) is 4.79 Å². The Morgan fingerprint density at radius 2 is 2.15 bits per heavy atom. The first kappa shape index (κ1) is 15.8. The third-order valence-corrected chi connectivity index (χ3v) is 5.06. The van der Waals surface area contributed by atoms with E-state index in [4.69, 9.17) is 0 Å². The van der Waals surface area contributed by atoms with E-state index in [2.05, 4.69) is 43.8 Å². The van der Waals surface area contributed by atoms with Crippen LogP contribution in [0.25, 0.3) is 0 Å². The zero-order valence-electron chi connectivity index (χ0n) is 11.4. The molecule has 1 aromatic carbocycles. The molecule has 0 spiro atoms. The van der Waals surface area contributed by atoms with Crippen LogP contribution in [0.3, 0.4) is 0 Å². The van der Waals surface area contributed by atoms with Gasteiger partial charge in [-0.25, -0.2) is 0 Å². The van der Waals surface area contributed by atoms with Crippen LogP contribution in [0.1, 0.15) is 23.7 Å². The summed E-state index contributed by atoms with van der Waals surface area (Å²) in [6.07, 6.45) is 0.694. The molecule has 0 bridgehead atoms. The Hall–Kier alpha value is -0.630. The number of benzene rings is 1. The quantitative estimate of drug-likeness (QED) is 0.704. The fraction of sp³-hybridized carbons (Fsp3) is 0.429. The predicted octanol–water partition coefficient (Wildman–Crippen LogP) is 2.65. The Labute approximate surface area is 140 Å². The van der Waals surface area contributed by atoms with Crippen molar-refractivity contribution < 1.29 is 9.59 Å². The van der Waals surface area contributed by atoms with E-state index in [1.54, 1.807) is 11.9 Å². The first-order chi connectivity index (χ1) is 9.37. The summed E-state index contributed by atoms with van der Waals surface area (Å²) in [4.78, 5) is 26.2. The molecule has 1 unspecified atom stereocenters. The van der Waals surface area contributed by atoms with E-state index < -0.39 is 5.41 Å². The first-order valence-electron chi connectivity index (χ1n) is 6.34. The van der Waals surface area contributed by atoms with E-state index in [0.717, 1.165) is 8.04 Å². The Bertz CT molecular complexity index is 564. The molecule has 1 aliphatic heterocycles. The highest BCUT2D eigenvalue weighted by Crippen LogP contribution is 2.32. The lowest BCUT2D eigenvalue weighted by atomic mass is 9.89. The summed E-state index contributed by atoms with van der Waals surface area (Å²) in [5.74, 6) is -0.0301. The molecular weight excluding hydrogens is 435 g/mol. The molecule has 108 valence electrons. The number of carbonyl (C=O) groups excluding carboxylic acids is 2. The third-order valence-electron chi connectivity index (χ3n) is 3.69. The Kier molecular flexibility index (Phi) is 4.73. The highest BCUT2D eigenvalue weighted by molar-refractivity contribution is 14.1. The minimum Gasteiger partial charge on any atom is -0.359 e. The third kappa shape index (κ3) is 3.00. The molecule has 0 aliphatic carbocycles. The number of amides is 2. The second-order valence-electron chi connectivity index (χ2n) is 5.24. The summed E-state index contributed by atoms with van der Waals surface area (Å²) in [6, 6.07) is 5.69. The number of hydrogen-bond acceptors (Lipinski definition) is 2. The zero-order valence-corrected chi connectivity index (χ0v) is 15.1. The minimum absolute atomic E-state index is 0.00509. The topological polar surface area (TPSA) is 49.4 Å². The highest BCUT2D eigenvalue weighted by Gasteiger charge is 2.41. The Morgan fingerprint density at radius 3 is 2.80 bits per heavy atom. The van der Waals surface area contributed by atoms with Gasteiger partial charge >= 0.3 is 0 Å². The maximum absolute atomic E-state index is 12.6. The summed E-state index contributed by atoms with van der Waals surface area (Å²) in [6.45, 7) is 2.98. The molecule has 1 fully saturated rings. The van der Waals surface area contributed by atoms with Crippen LogP contribution < -0.4 is 5.32 Å². The lowest BCUT2D eigenvalue weighted by Crippen LogP contribution is -2.40. The van der Waals surface area contributed by atoms with Gasteiger partial charge < -0.3 is 10.2 Å². The van der Waals surface area contributed by atoms with Crippen LogP contribution in [-0.4, -0.2) is 36.9 Å². The van der Waals surface area contributed by atoms with E-state index in [-0.39, 0.29) is 11.8 Å². The summed E-state index contributed by atoms with van der Waals surface area (Å²) < 4.78 is 1.80. The standard InChI is InChI=1S/C14H16BrIN2O2/c1-14(13(20)17-2)5-6-18(8-14)12(19)10-7-9(16)3-4-11(10)15/h3-4,7H,5-6,8H2,1-2H3,(H,17,20). The van der Waals surface area contributed by atoms with Crippen molar-refractivity contribution in [2.45, 2.75) is 13.3 Å². The normalized spacial score (nSPS) is 21.9. The van der Waals surface area contributed by atoms with Gasteiger partial charge in [0.2, 0.25) is 5.91 Å². The van der Waals surface area contributed by atoms with Gasteiger partial charge in [-0.2, -0.15) is 0 Å². The molecule has 1 aromatic rings. The van der Waals surface area contributed by atoms with Crippen molar-refractivity contribution in [1.29, 1.82) is 0 Å². The van der Waals surface area contributed by atoms with Crippen molar-refractivity contribution in [1.82, 2.24) is 10.2 Å². The molecular formula is C14H16BrIN2O2. The molecule has 6 heteroatoms. The maximum Gasteiger partial charge on any atom is 0.255 e. The second-order valence-corrected chi connectivity index (χ2v) is 7.34. The monoisotopic (exact) mass is 450 g/mol. The molecule has 20 heavy (non-hydrogen) atoms. The first-order valence-corrected chi connectivity index (χ1v) is 8.21. The lowest BCUT2D eigenvalue weighted by molar-refractivity contribution is -0.128. The zero-order chi connectivity index (χ0) is 14.9. The molecule has 1 aliphatic rings. The molecule has 1 heterocycles. The fourth-order valence-electron chi connectivity index (χ4n) is 2.45. The number of carbonyl (C=O) groups is 2. The molecule has 1 atom stereocenters. The molecule has 0 saturated carbocycles. The van der Waals surface area contributed by atoms with E-state index >= 15 is 0 Å². The van der Waals surface area contributed by atoms with Crippen molar-refractivity contribution in [3.05, 3.63) is 31.8 Å². The van der Waals surface area contributed by atoms with Gasteiger partial charge in [0.25, 0.3) is 5.91 Å². The van der Waals surface area contributed by atoms with Gasteiger partial charge in [0.05, 0.1) is 11.0 Å². The van der Waals surface area contributed by atoms with Crippen LogP contribution in [0.15, 0.2) is 22.7 Å². The van der Waals surface area contributed by atoms with E-state index in [0.29, 0.717) is 25.1 Å². The van der Waals surface area contributed by atoms with Crippen molar-refractivity contribution >= 4 is 50.3 Å². The molecule has 0 aromatic heterocycles. The largest absolute Gasteiger partial charge is 0.359 e. The van der Waals surface area contributed by atoms with Gasteiger partial charge in [0, 0.05) is 28.2 Å². The van der Waals surface area contributed by atoms with Gasteiger partial charge in [0.15, 0.2) is 0 Å². The van der Waals surface area contributed by atoms with Crippen LogP contribution in [0, 0.1) is 8.99 Å². The van der Waals surface area contributed by atoms with E-state index in [9.17, 15) is 9.59 Å². The van der Waals surface area contributed by atoms with Gasteiger partial charge in [-0.15, -0.1) is 0 Å². The van der Waals surface area contributed by atoms with Crippen molar-refractivity contribution in [2.24, 2.45) is 5.41 Å². The van der Waals surface area contributed by atoms with E-state index in [1.165, 1.54) is 0 Å². The molecule has 1 saturated heterocycles. The minimum atomic E-state index is -0.487. The Morgan fingerprint density at radius 1 is 1.45 bits per heavy atom. The number of rotatable bonds is 2. The molecule has 2 rings (SSSR count). The number of halogens is 2. The number of likely N-dealkylation sites (tertiary alicyclic amines) is 1. The van der Waals surface area contributed by atoms with Crippen molar-refractivity contribution in [2.75, 3.05) is 20.1 Å². The van der Waals surface area contributed by atoms with Crippen molar-refractivity contribution in [3.8, 4) is 0 Å². The van der Waals surface area contributed by atoms with E-state index in [1.807, 2.05) is 25.1 Å². The summed E-state index contributed by atoms with van der Waals surface area (Å²) in [5.41, 5.74) is 0.164. The van der Waals surface area contributed by atoms with Gasteiger partial charge in [0.1, 0.15) is 0 Å². The van der Waals surface area contributed by atoms with Crippen LogP contribution in [0.4, 0.5) is 0 Å². The van der Waals surface area contributed by atoms with Gasteiger partial charge in [-0.3, -0.25) is 9.59 Å². The van der Waals surface area contributed by atoms with Crippen LogP contribution in [0.2, 0.25) is 0 Å². The molecule has 0 radical (unpaired) electrons. The van der Waals surface area contributed by atoms with Crippen LogP contribution in [0.5, 0.6) is 0 Å².